The van der Waals surface area contributed by atoms with E-state index in [0.29, 0.717) is 5.92 Å². The predicted octanol–water partition coefficient (Wildman–Crippen LogP) is 3.25. The van der Waals surface area contributed by atoms with Crippen LogP contribution in [-0.4, -0.2) is 19.3 Å². The van der Waals surface area contributed by atoms with Crippen LogP contribution in [0.5, 0.6) is 0 Å². The maximum atomic E-state index is 6.74. The molecule has 1 saturated heterocycles. The first kappa shape index (κ1) is 13.1. The molecule has 2 nitrogen and oxygen atoms in total. The quantitative estimate of drug-likeness (QED) is 0.904. The molecular formula is C17H25NO. The van der Waals surface area contributed by atoms with Crippen LogP contribution in [0.2, 0.25) is 0 Å². The zero-order valence-electron chi connectivity index (χ0n) is 11.7. The average Bonchev–Trinajstić information content (AvgIpc) is 3.02. The van der Waals surface area contributed by atoms with Crippen molar-refractivity contribution in [3.63, 3.8) is 0 Å². The van der Waals surface area contributed by atoms with Crippen LogP contribution in [0, 0.1) is 5.92 Å². The van der Waals surface area contributed by atoms with E-state index in [-0.39, 0.29) is 11.5 Å². The standard InChI is InChI=1S/C17H25NO/c18-16(14-9-12-19-13-14)17(10-5-2-6-11-17)15-7-3-1-4-8-15/h1,3-4,7-8,14,16H,2,5-6,9-13,18H2. The molecule has 1 heterocycles. The van der Waals surface area contributed by atoms with E-state index in [1.54, 1.807) is 0 Å². The van der Waals surface area contributed by atoms with Crippen molar-refractivity contribution in [2.45, 2.75) is 50.0 Å². The molecule has 3 rings (SSSR count). The van der Waals surface area contributed by atoms with Gasteiger partial charge in [0.05, 0.1) is 6.61 Å². The minimum Gasteiger partial charge on any atom is -0.381 e. The number of rotatable bonds is 3. The molecule has 104 valence electrons. The van der Waals surface area contributed by atoms with Gasteiger partial charge in [-0.05, 0) is 24.8 Å². The lowest BCUT2D eigenvalue weighted by Crippen LogP contribution is -2.51. The molecule has 2 N–H and O–H groups in total. The van der Waals surface area contributed by atoms with Crippen molar-refractivity contribution in [3.05, 3.63) is 35.9 Å². The van der Waals surface area contributed by atoms with Gasteiger partial charge in [0.1, 0.15) is 0 Å². The Morgan fingerprint density at radius 2 is 1.84 bits per heavy atom. The van der Waals surface area contributed by atoms with E-state index < -0.39 is 0 Å². The molecule has 1 aromatic carbocycles. The lowest BCUT2D eigenvalue weighted by molar-refractivity contribution is 0.150. The van der Waals surface area contributed by atoms with Gasteiger partial charge in [0, 0.05) is 24.0 Å². The summed E-state index contributed by atoms with van der Waals surface area (Å²) in [4.78, 5) is 0. The summed E-state index contributed by atoms with van der Waals surface area (Å²) in [5, 5.41) is 0. The number of hydrogen-bond donors (Lipinski definition) is 1. The molecule has 2 heteroatoms. The molecule has 2 fully saturated rings. The van der Waals surface area contributed by atoms with Crippen molar-refractivity contribution in [2.75, 3.05) is 13.2 Å². The van der Waals surface area contributed by atoms with Crippen LogP contribution in [0.15, 0.2) is 30.3 Å². The summed E-state index contributed by atoms with van der Waals surface area (Å²) in [5.41, 5.74) is 8.39. The zero-order valence-corrected chi connectivity index (χ0v) is 11.7. The Morgan fingerprint density at radius 1 is 1.11 bits per heavy atom. The van der Waals surface area contributed by atoms with E-state index >= 15 is 0 Å². The summed E-state index contributed by atoms with van der Waals surface area (Å²) in [6.45, 7) is 1.75. The summed E-state index contributed by atoms with van der Waals surface area (Å²) in [6.07, 6.45) is 7.62. The largest absolute Gasteiger partial charge is 0.381 e. The van der Waals surface area contributed by atoms with Gasteiger partial charge in [-0.2, -0.15) is 0 Å². The third kappa shape index (κ3) is 2.44. The maximum Gasteiger partial charge on any atom is 0.0510 e. The summed E-state index contributed by atoms with van der Waals surface area (Å²) >= 11 is 0. The number of nitrogens with two attached hydrogens (primary N) is 1. The topological polar surface area (TPSA) is 35.2 Å². The van der Waals surface area contributed by atoms with Crippen LogP contribution < -0.4 is 5.73 Å². The highest BCUT2D eigenvalue weighted by molar-refractivity contribution is 5.29. The summed E-state index contributed by atoms with van der Waals surface area (Å²) < 4.78 is 5.57. The van der Waals surface area contributed by atoms with E-state index in [9.17, 15) is 0 Å². The van der Waals surface area contributed by atoms with E-state index in [1.165, 1.54) is 37.7 Å². The first-order chi connectivity index (χ1) is 9.33. The van der Waals surface area contributed by atoms with Gasteiger partial charge < -0.3 is 10.5 Å². The summed E-state index contributed by atoms with van der Waals surface area (Å²) in [6, 6.07) is 11.2. The van der Waals surface area contributed by atoms with Crippen LogP contribution in [0.1, 0.15) is 44.1 Å². The minimum atomic E-state index is 0.192. The molecule has 1 aliphatic carbocycles. The molecule has 1 aromatic rings. The first-order valence-electron chi connectivity index (χ1n) is 7.72. The highest BCUT2D eigenvalue weighted by atomic mass is 16.5. The van der Waals surface area contributed by atoms with Crippen molar-refractivity contribution in [2.24, 2.45) is 11.7 Å². The Balaban J connectivity index is 1.91. The fourth-order valence-electron chi connectivity index (χ4n) is 4.05. The fourth-order valence-corrected chi connectivity index (χ4v) is 4.05. The third-order valence-electron chi connectivity index (χ3n) is 5.21. The molecule has 2 atom stereocenters. The molecule has 0 amide bonds. The Labute approximate surface area is 116 Å². The van der Waals surface area contributed by atoms with E-state index in [0.717, 1.165) is 19.6 Å². The second kappa shape index (κ2) is 5.64. The van der Waals surface area contributed by atoms with Gasteiger partial charge in [0.15, 0.2) is 0 Å². The third-order valence-corrected chi connectivity index (χ3v) is 5.21. The number of ether oxygens (including phenoxy) is 1. The van der Waals surface area contributed by atoms with Crippen LogP contribution in [0.25, 0.3) is 0 Å². The molecule has 0 aromatic heterocycles. The monoisotopic (exact) mass is 259 g/mol. The zero-order chi connectivity index (χ0) is 13.1. The highest BCUT2D eigenvalue weighted by Crippen LogP contribution is 2.44. The van der Waals surface area contributed by atoms with Gasteiger partial charge in [0.25, 0.3) is 0 Å². The lowest BCUT2D eigenvalue weighted by Gasteiger charge is -2.44. The average molecular weight is 259 g/mol. The summed E-state index contributed by atoms with van der Waals surface area (Å²) in [5.74, 6) is 0.540. The minimum absolute atomic E-state index is 0.192. The molecule has 1 aliphatic heterocycles. The summed E-state index contributed by atoms with van der Waals surface area (Å²) in [7, 11) is 0. The second-order valence-corrected chi connectivity index (χ2v) is 6.23. The molecule has 0 radical (unpaired) electrons. The van der Waals surface area contributed by atoms with Crippen LogP contribution >= 0.6 is 0 Å². The predicted molar refractivity (Wildman–Crippen MR) is 78.1 cm³/mol. The van der Waals surface area contributed by atoms with Crippen LogP contribution in [0.3, 0.4) is 0 Å². The van der Waals surface area contributed by atoms with Gasteiger partial charge in [-0.3, -0.25) is 0 Å². The van der Waals surface area contributed by atoms with Crippen molar-refractivity contribution >= 4 is 0 Å². The van der Waals surface area contributed by atoms with Crippen LogP contribution in [0.4, 0.5) is 0 Å². The van der Waals surface area contributed by atoms with Gasteiger partial charge in [0.2, 0.25) is 0 Å². The SMILES string of the molecule is NC(C1CCOC1)C1(c2ccccc2)CCCCC1. The number of benzene rings is 1. The van der Waals surface area contributed by atoms with E-state index in [1.807, 2.05) is 0 Å². The number of hydrogen-bond acceptors (Lipinski definition) is 2. The molecule has 2 unspecified atom stereocenters. The van der Waals surface area contributed by atoms with Crippen molar-refractivity contribution in [1.82, 2.24) is 0 Å². The van der Waals surface area contributed by atoms with Crippen LogP contribution in [-0.2, 0) is 10.2 Å². The van der Waals surface area contributed by atoms with Gasteiger partial charge >= 0.3 is 0 Å². The Hall–Kier alpha value is -0.860. The lowest BCUT2D eigenvalue weighted by atomic mass is 9.62. The van der Waals surface area contributed by atoms with Gasteiger partial charge in [-0.15, -0.1) is 0 Å². The fraction of sp³-hybridized carbons (Fsp3) is 0.647. The van der Waals surface area contributed by atoms with Crippen molar-refractivity contribution in [1.29, 1.82) is 0 Å². The molecular weight excluding hydrogens is 234 g/mol. The Kier molecular flexibility index (Phi) is 3.90. The Morgan fingerprint density at radius 3 is 2.47 bits per heavy atom. The van der Waals surface area contributed by atoms with Crippen molar-refractivity contribution < 1.29 is 4.74 Å². The molecule has 1 saturated carbocycles. The Bertz CT molecular complexity index is 391. The normalized spacial score (nSPS) is 28.2. The smallest absolute Gasteiger partial charge is 0.0510 e. The molecule has 0 bridgehead atoms. The maximum absolute atomic E-state index is 6.74. The molecule has 19 heavy (non-hydrogen) atoms. The second-order valence-electron chi connectivity index (χ2n) is 6.23. The van der Waals surface area contributed by atoms with Gasteiger partial charge in [-0.25, -0.2) is 0 Å². The van der Waals surface area contributed by atoms with Crippen molar-refractivity contribution in [3.8, 4) is 0 Å². The van der Waals surface area contributed by atoms with E-state index in [2.05, 4.69) is 30.3 Å². The van der Waals surface area contributed by atoms with Gasteiger partial charge in [-0.1, -0.05) is 49.6 Å². The highest BCUT2D eigenvalue weighted by Gasteiger charge is 2.43. The first-order valence-corrected chi connectivity index (χ1v) is 7.72. The van der Waals surface area contributed by atoms with E-state index in [4.69, 9.17) is 10.5 Å². The molecule has 2 aliphatic rings. The molecule has 0 spiro atoms.